The van der Waals surface area contributed by atoms with Crippen LogP contribution in [0.4, 0.5) is 0 Å². The fourth-order valence-corrected chi connectivity index (χ4v) is 2.56. The van der Waals surface area contributed by atoms with Crippen molar-refractivity contribution in [3.05, 3.63) is 0 Å². The molecule has 2 atom stereocenters. The van der Waals surface area contributed by atoms with Crippen molar-refractivity contribution >= 4 is 24.2 Å². The molecule has 2 amide bonds. The van der Waals surface area contributed by atoms with Gasteiger partial charge in [0.05, 0.1) is 6.04 Å². The Balaban J connectivity index is 0.00000162. The largest absolute Gasteiger partial charge is 0.351 e. The average Bonchev–Trinajstić information content (AvgIpc) is 2.87. The van der Waals surface area contributed by atoms with Crippen LogP contribution in [0.15, 0.2) is 0 Å². The van der Waals surface area contributed by atoms with E-state index >= 15 is 0 Å². The SMILES string of the molecule is CN1CC(NC(=O)CCC2CCNC2)CC1=O.Cl. The lowest BCUT2D eigenvalue weighted by atomic mass is 10.0. The fraction of sp³-hybridized carbons (Fsp3) is 0.833. The van der Waals surface area contributed by atoms with Gasteiger partial charge < -0.3 is 15.5 Å². The summed E-state index contributed by atoms with van der Waals surface area (Å²) >= 11 is 0. The Hall–Kier alpha value is -0.810. The van der Waals surface area contributed by atoms with E-state index in [4.69, 9.17) is 0 Å². The predicted molar refractivity (Wildman–Crippen MR) is 71.6 cm³/mol. The molecule has 0 aromatic carbocycles. The third-order valence-electron chi connectivity index (χ3n) is 3.65. The van der Waals surface area contributed by atoms with Crippen LogP contribution in [-0.4, -0.2) is 49.4 Å². The van der Waals surface area contributed by atoms with Crippen LogP contribution in [0, 0.1) is 5.92 Å². The first-order chi connectivity index (χ1) is 8.15. The molecule has 0 aliphatic carbocycles. The summed E-state index contributed by atoms with van der Waals surface area (Å²) in [6.45, 7) is 2.77. The first-order valence-electron chi connectivity index (χ1n) is 6.39. The number of hydrogen-bond acceptors (Lipinski definition) is 3. The molecule has 2 aliphatic rings. The third-order valence-corrected chi connectivity index (χ3v) is 3.65. The van der Waals surface area contributed by atoms with E-state index < -0.39 is 0 Å². The third kappa shape index (κ3) is 4.14. The Labute approximate surface area is 114 Å². The second-order valence-corrected chi connectivity index (χ2v) is 5.14. The monoisotopic (exact) mass is 275 g/mol. The fourth-order valence-electron chi connectivity index (χ4n) is 2.56. The number of carbonyl (C=O) groups excluding carboxylic acids is 2. The zero-order valence-corrected chi connectivity index (χ0v) is 11.6. The molecule has 2 rings (SSSR count). The van der Waals surface area contributed by atoms with Crippen molar-refractivity contribution in [2.24, 2.45) is 5.92 Å². The summed E-state index contributed by atoms with van der Waals surface area (Å²) in [6, 6.07) is 0.0155. The molecule has 104 valence electrons. The van der Waals surface area contributed by atoms with Gasteiger partial charge in [-0.1, -0.05) is 0 Å². The molecular formula is C12H22ClN3O2. The molecular weight excluding hydrogens is 254 g/mol. The van der Waals surface area contributed by atoms with E-state index in [1.165, 1.54) is 6.42 Å². The molecule has 2 unspecified atom stereocenters. The minimum absolute atomic E-state index is 0. The van der Waals surface area contributed by atoms with E-state index in [1.54, 1.807) is 11.9 Å². The smallest absolute Gasteiger partial charge is 0.224 e. The zero-order chi connectivity index (χ0) is 12.3. The maximum Gasteiger partial charge on any atom is 0.224 e. The Morgan fingerprint density at radius 1 is 1.56 bits per heavy atom. The minimum Gasteiger partial charge on any atom is -0.351 e. The Morgan fingerprint density at radius 2 is 2.33 bits per heavy atom. The lowest BCUT2D eigenvalue weighted by Gasteiger charge is -2.13. The lowest BCUT2D eigenvalue weighted by Crippen LogP contribution is -2.36. The number of likely N-dealkylation sites (N-methyl/N-ethyl adjacent to an activating group) is 1. The van der Waals surface area contributed by atoms with Crippen LogP contribution in [0.1, 0.15) is 25.7 Å². The molecule has 2 saturated heterocycles. The van der Waals surface area contributed by atoms with E-state index in [-0.39, 0.29) is 30.3 Å². The first kappa shape index (κ1) is 15.2. The van der Waals surface area contributed by atoms with Crippen LogP contribution in [-0.2, 0) is 9.59 Å². The summed E-state index contributed by atoms with van der Waals surface area (Å²) in [4.78, 5) is 24.7. The molecule has 0 saturated carbocycles. The first-order valence-corrected chi connectivity index (χ1v) is 6.39. The van der Waals surface area contributed by atoms with Gasteiger partial charge in [0.25, 0.3) is 0 Å². The Morgan fingerprint density at radius 3 is 2.89 bits per heavy atom. The summed E-state index contributed by atoms with van der Waals surface area (Å²) in [5, 5.41) is 6.24. The van der Waals surface area contributed by atoms with E-state index in [2.05, 4.69) is 10.6 Å². The van der Waals surface area contributed by atoms with Gasteiger partial charge in [-0.05, 0) is 31.8 Å². The number of halogens is 1. The maximum atomic E-state index is 11.7. The van der Waals surface area contributed by atoms with Gasteiger partial charge in [-0.25, -0.2) is 0 Å². The van der Waals surface area contributed by atoms with Crippen molar-refractivity contribution in [3.8, 4) is 0 Å². The molecule has 0 bridgehead atoms. The molecule has 2 fully saturated rings. The summed E-state index contributed by atoms with van der Waals surface area (Å²) in [5.41, 5.74) is 0. The van der Waals surface area contributed by atoms with Crippen molar-refractivity contribution in [1.29, 1.82) is 0 Å². The summed E-state index contributed by atoms with van der Waals surface area (Å²) in [7, 11) is 1.78. The normalized spacial score (nSPS) is 27.2. The molecule has 0 radical (unpaired) electrons. The van der Waals surface area contributed by atoms with Crippen molar-refractivity contribution in [1.82, 2.24) is 15.5 Å². The van der Waals surface area contributed by atoms with E-state index in [1.807, 2.05) is 0 Å². The van der Waals surface area contributed by atoms with Crippen LogP contribution in [0.25, 0.3) is 0 Å². The van der Waals surface area contributed by atoms with Crippen molar-refractivity contribution in [2.75, 3.05) is 26.7 Å². The number of likely N-dealkylation sites (tertiary alicyclic amines) is 1. The molecule has 0 aromatic rings. The molecule has 5 nitrogen and oxygen atoms in total. The molecule has 2 aliphatic heterocycles. The molecule has 2 heterocycles. The number of hydrogen-bond donors (Lipinski definition) is 2. The second-order valence-electron chi connectivity index (χ2n) is 5.14. The van der Waals surface area contributed by atoms with Gasteiger partial charge >= 0.3 is 0 Å². The van der Waals surface area contributed by atoms with Crippen molar-refractivity contribution in [3.63, 3.8) is 0 Å². The van der Waals surface area contributed by atoms with E-state index in [0.29, 0.717) is 25.3 Å². The maximum absolute atomic E-state index is 11.7. The topological polar surface area (TPSA) is 61.4 Å². The van der Waals surface area contributed by atoms with Gasteiger partial charge in [0.15, 0.2) is 0 Å². The van der Waals surface area contributed by atoms with Gasteiger partial charge in [-0.3, -0.25) is 9.59 Å². The summed E-state index contributed by atoms with van der Waals surface area (Å²) in [5.74, 6) is 0.855. The molecule has 0 aromatic heterocycles. The standard InChI is InChI=1S/C12H21N3O2.ClH/c1-15-8-10(6-12(15)17)14-11(16)3-2-9-4-5-13-7-9;/h9-10,13H,2-8H2,1H3,(H,14,16);1H. The van der Waals surface area contributed by atoms with E-state index in [9.17, 15) is 9.59 Å². The Bertz CT molecular complexity index is 306. The summed E-state index contributed by atoms with van der Waals surface area (Å²) in [6.07, 6.45) is 3.17. The molecule has 6 heteroatoms. The number of nitrogens with zero attached hydrogens (tertiary/aromatic N) is 1. The lowest BCUT2D eigenvalue weighted by molar-refractivity contribution is -0.126. The van der Waals surface area contributed by atoms with E-state index in [0.717, 1.165) is 19.5 Å². The van der Waals surface area contributed by atoms with Crippen LogP contribution in [0.5, 0.6) is 0 Å². The summed E-state index contributed by atoms with van der Waals surface area (Å²) < 4.78 is 0. The highest BCUT2D eigenvalue weighted by molar-refractivity contribution is 5.85. The second kappa shape index (κ2) is 6.95. The van der Waals surface area contributed by atoms with Gasteiger partial charge in [0, 0.05) is 26.4 Å². The van der Waals surface area contributed by atoms with Crippen LogP contribution in [0.3, 0.4) is 0 Å². The van der Waals surface area contributed by atoms with Crippen LogP contribution < -0.4 is 10.6 Å². The Kier molecular flexibility index (Phi) is 5.88. The van der Waals surface area contributed by atoms with Crippen molar-refractivity contribution < 1.29 is 9.59 Å². The van der Waals surface area contributed by atoms with Crippen molar-refractivity contribution in [2.45, 2.75) is 31.7 Å². The van der Waals surface area contributed by atoms with Gasteiger partial charge in [0.2, 0.25) is 11.8 Å². The number of nitrogens with one attached hydrogen (secondary N) is 2. The number of rotatable bonds is 4. The predicted octanol–water partition coefficient (Wildman–Crippen LogP) is 0.145. The molecule has 0 spiro atoms. The average molecular weight is 276 g/mol. The minimum atomic E-state index is 0. The molecule has 2 N–H and O–H groups in total. The van der Waals surface area contributed by atoms with Crippen LogP contribution >= 0.6 is 12.4 Å². The number of carbonyl (C=O) groups is 2. The molecule has 18 heavy (non-hydrogen) atoms. The van der Waals surface area contributed by atoms with Crippen LogP contribution in [0.2, 0.25) is 0 Å². The quantitative estimate of drug-likeness (QED) is 0.768. The van der Waals surface area contributed by atoms with Gasteiger partial charge in [0.1, 0.15) is 0 Å². The van der Waals surface area contributed by atoms with Gasteiger partial charge in [-0.2, -0.15) is 0 Å². The zero-order valence-electron chi connectivity index (χ0n) is 10.8. The number of amides is 2. The highest BCUT2D eigenvalue weighted by atomic mass is 35.5. The highest BCUT2D eigenvalue weighted by Crippen LogP contribution is 2.14. The van der Waals surface area contributed by atoms with Gasteiger partial charge in [-0.15, -0.1) is 12.4 Å². The highest BCUT2D eigenvalue weighted by Gasteiger charge is 2.27.